The molecule has 0 aromatic heterocycles. The summed E-state index contributed by atoms with van der Waals surface area (Å²) < 4.78 is 0. The van der Waals surface area contributed by atoms with E-state index >= 15 is 0 Å². The second kappa shape index (κ2) is 2.66. The Hall–Kier alpha value is -0.440. The van der Waals surface area contributed by atoms with Crippen molar-refractivity contribution >= 4 is 17.5 Å². The third kappa shape index (κ3) is 1.06. The molecule has 0 saturated heterocycles. The normalized spacial score (nSPS) is 26.2. The van der Waals surface area contributed by atoms with Gasteiger partial charge in [-0.2, -0.15) is 11.8 Å². The van der Waals surface area contributed by atoms with Gasteiger partial charge in [0.05, 0.1) is 5.25 Å². The lowest BCUT2D eigenvalue weighted by atomic mass is 10.2. The number of carbonyl (C=O) groups excluding carboxylic acids is 1. The van der Waals surface area contributed by atoms with Gasteiger partial charge >= 0.3 is 0 Å². The molecule has 1 atom stereocenters. The highest BCUT2D eigenvalue weighted by molar-refractivity contribution is 8.00. The monoisotopic (exact) mass is 158 g/mol. The van der Waals surface area contributed by atoms with Gasteiger partial charge in [0.25, 0.3) is 0 Å². The first-order valence-corrected chi connectivity index (χ1v) is 4.41. The molecule has 1 aliphatic rings. The Morgan fingerprint density at radius 3 is 2.50 bits per heavy atom. The van der Waals surface area contributed by atoms with E-state index in [0.717, 1.165) is 0 Å². The van der Waals surface area contributed by atoms with E-state index in [2.05, 4.69) is 0 Å². The molecule has 1 unspecified atom stereocenters. The zero-order valence-corrected chi connectivity index (χ0v) is 6.86. The second-order valence-electron chi connectivity index (χ2n) is 2.36. The number of hydrogen-bond acceptors (Lipinski definition) is 3. The molecular weight excluding hydrogens is 148 g/mol. The van der Waals surface area contributed by atoms with Crippen LogP contribution < -0.4 is 0 Å². The maximum absolute atomic E-state index is 11.1. The largest absolute Gasteiger partial charge is 0.512 e. The summed E-state index contributed by atoms with van der Waals surface area (Å²) in [5.74, 6) is 0.356. The van der Waals surface area contributed by atoms with E-state index in [9.17, 15) is 4.79 Å². The summed E-state index contributed by atoms with van der Waals surface area (Å²) in [6, 6.07) is 0. The van der Waals surface area contributed by atoms with Crippen LogP contribution in [0.15, 0.2) is 11.3 Å². The first-order chi connectivity index (χ1) is 4.66. The van der Waals surface area contributed by atoms with Crippen molar-refractivity contribution in [3.05, 3.63) is 11.3 Å². The molecule has 0 saturated carbocycles. The van der Waals surface area contributed by atoms with Gasteiger partial charge < -0.3 is 5.11 Å². The fourth-order valence-electron chi connectivity index (χ4n) is 0.995. The van der Waals surface area contributed by atoms with Crippen LogP contribution in [0.5, 0.6) is 0 Å². The minimum Gasteiger partial charge on any atom is -0.512 e. The van der Waals surface area contributed by atoms with Gasteiger partial charge in [-0.25, -0.2) is 0 Å². The van der Waals surface area contributed by atoms with Gasteiger partial charge in [0.2, 0.25) is 0 Å². The van der Waals surface area contributed by atoms with Gasteiger partial charge in [0.1, 0.15) is 5.76 Å². The third-order valence-corrected chi connectivity index (χ3v) is 2.71. The van der Waals surface area contributed by atoms with Crippen molar-refractivity contribution in [2.24, 2.45) is 0 Å². The van der Waals surface area contributed by atoms with E-state index < -0.39 is 0 Å². The van der Waals surface area contributed by atoms with Crippen LogP contribution in [-0.2, 0) is 4.79 Å². The minimum absolute atomic E-state index is 0.0278. The first kappa shape index (κ1) is 7.66. The fraction of sp³-hybridized carbons (Fsp3) is 0.571. The van der Waals surface area contributed by atoms with Crippen LogP contribution >= 0.6 is 11.8 Å². The van der Waals surface area contributed by atoms with Crippen LogP contribution in [0.25, 0.3) is 0 Å². The molecule has 0 bridgehead atoms. The summed E-state index contributed by atoms with van der Waals surface area (Å²) in [6.45, 7) is 1.67. The van der Waals surface area contributed by atoms with E-state index in [-0.39, 0.29) is 16.8 Å². The van der Waals surface area contributed by atoms with Crippen molar-refractivity contribution in [2.45, 2.75) is 18.6 Å². The van der Waals surface area contributed by atoms with E-state index in [1.54, 1.807) is 6.92 Å². The minimum atomic E-state index is -0.0278. The standard InChI is InChI=1S/C7H10O2S/c1-4-5(8)3-6(10-2)7(4)9/h6,8H,3H2,1-2H3. The van der Waals surface area contributed by atoms with Crippen LogP contribution in [-0.4, -0.2) is 22.4 Å². The number of carbonyl (C=O) groups is 1. The molecule has 3 heteroatoms. The number of hydrogen-bond donors (Lipinski definition) is 1. The molecular formula is C7H10O2S. The number of allylic oxidation sites excluding steroid dienone is 2. The SMILES string of the molecule is CSC1CC(O)=C(C)C1=O. The van der Waals surface area contributed by atoms with Crippen molar-refractivity contribution in [1.82, 2.24) is 0 Å². The maximum atomic E-state index is 11.1. The van der Waals surface area contributed by atoms with E-state index in [1.807, 2.05) is 6.26 Å². The lowest BCUT2D eigenvalue weighted by Crippen LogP contribution is -2.10. The molecule has 0 aromatic rings. The van der Waals surface area contributed by atoms with Crippen molar-refractivity contribution in [3.8, 4) is 0 Å². The summed E-state index contributed by atoms with van der Waals surface area (Å²) in [5.41, 5.74) is 0.541. The average Bonchev–Trinajstić information content (AvgIpc) is 2.17. The molecule has 2 nitrogen and oxygen atoms in total. The van der Waals surface area contributed by atoms with Gasteiger partial charge in [-0.1, -0.05) is 0 Å². The van der Waals surface area contributed by atoms with E-state index in [0.29, 0.717) is 12.0 Å². The van der Waals surface area contributed by atoms with Crippen molar-refractivity contribution < 1.29 is 9.90 Å². The highest BCUT2D eigenvalue weighted by Crippen LogP contribution is 2.28. The highest BCUT2D eigenvalue weighted by Gasteiger charge is 2.29. The topological polar surface area (TPSA) is 37.3 Å². The van der Waals surface area contributed by atoms with Gasteiger partial charge in [-0.15, -0.1) is 0 Å². The van der Waals surface area contributed by atoms with Gasteiger partial charge in [0, 0.05) is 12.0 Å². The third-order valence-electron chi connectivity index (χ3n) is 1.76. The average molecular weight is 158 g/mol. The Balaban J connectivity index is 2.77. The molecule has 10 heavy (non-hydrogen) atoms. The van der Waals surface area contributed by atoms with Crippen molar-refractivity contribution in [2.75, 3.05) is 6.26 Å². The Bertz CT molecular complexity index is 196. The van der Waals surface area contributed by atoms with Gasteiger partial charge in [-0.05, 0) is 13.2 Å². The molecule has 0 amide bonds. The second-order valence-corrected chi connectivity index (χ2v) is 3.40. The summed E-state index contributed by atoms with van der Waals surface area (Å²) in [6.07, 6.45) is 2.40. The Morgan fingerprint density at radius 2 is 2.30 bits per heavy atom. The molecule has 0 heterocycles. The molecule has 0 spiro atoms. The lowest BCUT2D eigenvalue weighted by Gasteiger charge is -2.00. The number of Topliss-reactive ketones (excluding diaryl/α,β-unsaturated/α-hetero) is 1. The molecule has 0 aromatic carbocycles. The zero-order chi connectivity index (χ0) is 7.72. The fourth-order valence-corrected chi connectivity index (χ4v) is 1.71. The molecule has 56 valence electrons. The van der Waals surface area contributed by atoms with Crippen molar-refractivity contribution in [3.63, 3.8) is 0 Å². The van der Waals surface area contributed by atoms with Gasteiger partial charge in [0.15, 0.2) is 5.78 Å². The molecule has 0 fully saturated rings. The van der Waals surface area contributed by atoms with E-state index in [1.165, 1.54) is 11.8 Å². The Kier molecular flexibility index (Phi) is 2.04. The van der Waals surface area contributed by atoms with Crippen LogP contribution in [0.4, 0.5) is 0 Å². The van der Waals surface area contributed by atoms with E-state index in [4.69, 9.17) is 5.11 Å². The summed E-state index contributed by atoms with van der Waals surface area (Å²) in [5, 5.41) is 9.09. The summed E-state index contributed by atoms with van der Waals surface area (Å²) in [4.78, 5) is 11.1. The number of aliphatic hydroxyl groups excluding tert-OH is 1. The Labute approximate surface area is 64.3 Å². The predicted molar refractivity (Wildman–Crippen MR) is 42.3 cm³/mol. The first-order valence-electron chi connectivity index (χ1n) is 3.12. The molecule has 1 aliphatic carbocycles. The van der Waals surface area contributed by atoms with Crippen LogP contribution in [0.3, 0.4) is 0 Å². The molecule has 0 aliphatic heterocycles. The number of thioether (sulfide) groups is 1. The zero-order valence-electron chi connectivity index (χ0n) is 6.05. The van der Waals surface area contributed by atoms with Crippen LogP contribution in [0.2, 0.25) is 0 Å². The Morgan fingerprint density at radius 1 is 1.70 bits per heavy atom. The van der Waals surface area contributed by atoms with Gasteiger partial charge in [-0.3, -0.25) is 4.79 Å². The molecule has 1 rings (SSSR count). The van der Waals surface area contributed by atoms with Crippen molar-refractivity contribution in [1.29, 1.82) is 0 Å². The smallest absolute Gasteiger partial charge is 0.175 e. The summed E-state index contributed by atoms with van der Waals surface area (Å²) >= 11 is 1.50. The summed E-state index contributed by atoms with van der Waals surface area (Å²) in [7, 11) is 0. The lowest BCUT2D eigenvalue weighted by molar-refractivity contribution is -0.114. The number of ketones is 1. The number of aliphatic hydroxyl groups is 1. The number of rotatable bonds is 1. The predicted octanol–water partition coefficient (Wildman–Crippen LogP) is 1.52. The van der Waals surface area contributed by atoms with Crippen LogP contribution in [0.1, 0.15) is 13.3 Å². The highest BCUT2D eigenvalue weighted by atomic mass is 32.2. The van der Waals surface area contributed by atoms with Crippen LogP contribution in [0, 0.1) is 0 Å². The quantitative estimate of drug-likeness (QED) is 0.628. The molecule has 1 N–H and O–H groups in total. The maximum Gasteiger partial charge on any atom is 0.175 e. The molecule has 0 radical (unpaired) electrons.